The van der Waals surface area contributed by atoms with Gasteiger partial charge in [-0.05, 0) is 18.1 Å². The molecule has 0 radical (unpaired) electrons. The molecule has 0 aliphatic heterocycles. The third-order valence-corrected chi connectivity index (χ3v) is 1.99. The van der Waals surface area contributed by atoms with Crippen LogP contribution in [0.25, 0.3) is 0 Å². The molecular weight excluding hydrogens is 192 g/mol. The van der Waals surface area contributed by atoms with E-state index in [2.05, 4.69) is 0 Å². The lowest BCUT2D eigenvalue weighted by Crippen LogP contribution is -1.92. The number of hydrogen-bond acceptors (Lipinski definition) is 2. The molecule has 80 valence electrons. The molecule has 15 heavy (non-hydrogen) atoms. The first kappa shape index (κ1) is 11.3. The molecule has 0 spiro atoms. The van der Waals surface area contributed by atoms with Gasteiger partial charge in [-0.2, -0.15) is 0 Å². The monoisotopic (exact) mass is 206 g/mol. The van der Waals surface area contributed by atoms with Gasteiger partial charge in [0, 0.05) is 0 Å². The van der Waals surface area contributed by atoms with E-state index in [-0.39, 0.29) is 6.42 Å². The fourth-order valence-corrected chi connectivity index (χ4v) is 1.27. The third-order valence-electron chi connectivity index (χ3n) is 1.99. The van der Waals surface area contributed by atoms with Gasteiger partial charge < -0.3 is 9.84 Å². The number of rotatable bonds is 5. The van der Waals surface area contributed by atoms with Crippen molar-refractivity contribution in [3.63, 3.8) is 0 Å². The highest BCUT2D eigenvalue weighted by Crippen LogP contribution is 2.17. The lowest BCUT2D eigenvalue weighted by molar-refractivity contribution is -0.136. The minimum atomic E-state index is -0.814. The van der Waals surface area contributed by atoms with Gasteiger partial charge in [0.2, 0.25) is 0 Å². The van der Waals surface area contributed by atoms with E-state index in [4.69, 9.17) is 9.84 Å². The Hall–Kier alpha value is -1.77. The molecule has 1 aromatic carbocycles. The van der Waals surface area contributed by atoms with Crippen molar-refractivity contribution >= 4 is 5.97 Å². The van der Waals surface area contributed by atoms with E-state index in [1.54, 1.807) is 13.2 Å². The van der Waals surface area contributed by atoms with Crippen LogP contribution in [-0.2, 0) is 11.2 Å². The summed E-state index contributed by atoms with van der Waals surface area (Å²) in [5.41, 5.74) is 1.06. The van der Waals surface area contributed by atoms with E-state index in [0.29, 0.717) is 6.42 Å². The molecule has 0 atom stereocenters. The maximum Gasteiger partial charge on any atom is 0.307 e. The van der Waals surface area contributed by atoms with Crippen molar-refractivity contribution in [2.24, 2.45) is 0 Å². The van der Waals surface area contributed by atoms with Crippen LogP contribution in [0.15, 0.2) is 36.4 Å². The normalized spacial score (nSPS) is 10.5. The summed E-state index contributed by atoms with van der Waals surface area (Å²) in [4.78, 5) is 10.3. The molecule has 3 nitrogen and oxygen atoms in total. The van der Waals surface area contributed by atoms with Gasteiger partial charge in [-0.15, -0.1) is 0 Å². The molecule has 0 unspecified atom stereocenters. The summed E-state index contributed by atoms with van der Waals surface area (Å²) in [5, 5.41) is 8.44. The Balaban J connectivity index is 2.56. The Kier molecular flexibility index (Phi) is 4.41. The van der Waals surface area contributed by atoms with E-state index in [1.807, 2.05) is 30.3 Å². The summed E-state index contributed by atoms with van der Waals surface area (Å²) < 4.78 is 5.17. The maximum atomic E-state index is 10.3. The first-order chi connectivity index (χ1) is 7.24. The quantitative estimate of drug-likeness (QED) is 0.752. The number of ether oxygens (including phenoxy) is 1. The average molecular weight is 206 g/mol. The Morgan fingerprint density at radius 1 is 1.40 bits per heavy atom. The van der Waals surface area contributed by atoms with Gasteiger partial charge in [0.25, 0.3) is 0 Å². The molecule has 0 bridgehead atoms. The summed E-state index contributed by atoms with van der Waals surface area (Å²) >= 11 is 0. The Morgan fingerprint density at radius 3 is 2.80 bits per heavy atom. The minimum absolute atomic E-state index is 0.0646. The number of allylic oxidation sites excluding steroid dienone is 1. The zero-order chi connectivity index (χ0) is 11.1. The maximum absolute atomic E-state index is 10.3. The molecule has 0 aromatic heterocycles. The SMILES string of the molecule is COc1ccccc1C/C=C\CC(=O)O. The second-order valence-electron chi connectivity index (χ2n) is 3.09. The Bertz CT molecular complexity index is 356. The van der Waals surface area contributed by atoms with Crippen molar-refractivity contribution in [2.75, 3.05) is 7.11 Å². The number of carbonyl (C=O) groups is 1. The second kappa shape index (κ2) is 5.86. The molecule has 0 fully saturated rings. The molecule has 0 saturated carbocycles. The Labute approximate surface area is 89.0 Å². The first-order valence-corrected chi connectivity index (χ1v) is 4.72. The van der Waals surface area contributed by atoms with E-state index in [1.165, 1.54) is 0 Å². The van der Waals surface area contributed by atoms with Crippen LogP contribution in [0.2, 0.25) is 0 Å². The Morgan fingerprint density at radius 2 is 2.13 bits per heavy atom. The number of aliphatic carboxylic acids is 1. The van der Waals surface area contributed by atoms with Gasteiger partial charge in [-0.25, -0.2) is 0 Å². The van der Waals surface area contributed by atoms with Crippen molar-refractivity contribution in [3.8, 4) is 5.75 Å². The van der Waals surface area contributed by atoms with E-state index in [0.717, 1.165) is 11.3 Å². The molecule has 0 amide bonds. The molecule has 1 aromatic rings. The first-order valence-electron chi connectivity index (χ1n) is 4.72. The lowest BCUT2D eigenvalue weighted by Gasteiger charge is -2.04. The second-order valence-corrected chi connectivity index (χ2v) is 3.09. The number of para-hydroxylation sites is 1. The van der Waals surface area contributed by atoms with E-state index in [9.17, 15) is 4.79 Å². The highest BCUT2D eigenvalue weighted by Gasteiger charge is 1.98. The molecule has 1 rings (SSSR count). The number of methoxy groups -OCH3 is 1. The molecule has 3 heteroatoms. The minimum Gasteiger partial charge on any atom is -0.496 e. The van der Waals surface area contributed by atoms with Crippen molar-refractivity contribution in [2.45, 2.75) is 12.8 Å². The van der Waals surface area contributed by atoms with Crippen LogP contribution in [0.5, 0.6) is 5.75 Å². The van der Waals surface area contributed by atoms with Crippen molar-refractivity contribution < 1.29 is 14.6 Å². The number of carboxylic acid groups (broad SMARTS) is 1. The third kappa shape index (κ3) is 3.85. The lowest BCUT2D eigenvalue weighted by atomic mass is 10.1. The van der Waals surface area contributed by atoms with Gasteiger partial charge in [0.15, 0.2) is 0 Å². The standard InChI is InChI=1S/C12H14O3/c1-15-11-8-4-2-6-10(11)7-3-5-9-12(13)14/h2-6,8H,7,9H2,1H3,(H,13,14)/b5-3-. The van der Waals surface area contributed by atoms with Crippen LogP contribution in [0.4, 0.5) is 0 Å². The van der Waals surface area contributed by atoms with Crippen molar-refractivity contribution in [3.05, 3.63) is 42.0 Å². The van der Waals surface area contributed by atoms with Gasteiger partial charge in [-0.3, -0.25) is 4.79 Å². The summed E-state index contributed by atoms with van der Waals surface area (Å²) in [5.74, 6) is 0.0174. The molecule has 1 N–H and O–H groups in total. The zero-order valence-corrected chi connectivity index (χ0v) is 8.64. The van der Waals surface area contributed by atoms with Gasteiger partial charge >= 0.3 is 5.97 Å². The molecule has 0 heterocycles. The average Bonchev–Trinajstić information content (AvgIpc) is 2.24. The summed E-state index contributed by atoms with van der Waals surface area (Å²) in [7, 11) is 1.62. The van der Waals surface area contributed by atoms with Crippen LogP contribution in [-0.4, -0.2) is 18.2 Å². The predicted octanol–water partition coefficient (Wildman–Crippen LogP) is 2.27. The van der Waals surface area contributed by atoms with E-state index < -0.39 is 5.97 Å². The number of hydrogen-bond donors (Lipinski definition) is 1. The number of benzene rings is 1. The summed E-state index contributed by atoms with van der Waals surface area (Å²) in [6, 6.07) is 7.69. The molecule has 0 saturated heterocycles. The zero-order valence-electron chi connectivity index (χ0n) is 8.64. The molecule has 0 aliphatic rings. The highest BCUT2D eigenvalue weighted by atomic mass is 16.5. The number of carboxylic acids is 1. The highest BCUT2D eigenvalue weighted by molar-refractivity contribution is 5.68. The summed E-state index contributed by atoms with van der Waals surface area (Å²) in [6.45, 7) is 0. The fraction of sp³-hybridized carbons (Fsp3) is 0.250. The molecular formula is C12H14O3. The van der Waals surface area contributed by atoms with Crippen LogP contribution < -0.4 is 4.74 Å². The van der Waals surface area contributed by atoms with Crippen LogP contribution in [0.3, 0.4) is 0 Å². The van der Waals surface area contributed by atoms with Gasteiger partial charge in [0.1, 0.15) is 5.75 Å². The topological polar surface area (TPSA) is 46.5 Å². The fourth-order valence-electron chi connectivity index (χ4n) is 1.27. The van der Waals surface area contributed by atoms with Crippen LogP contribution >= 0.6 is 0 Å². The van der Waals surface area contributed by atoms with Crippen LogP contribution in [0.1, 0.15) is 12.0 Å². The van der Waals surface area contributed by atoms with Crippen molar-refractivity contribution in [1.29, 1.82) is 0 Å². The molecule has 0 aliphatic carbocycles. The van der Waals surface area contributed by atoms with Crippen LogP contribution in [0, 0.1) is 0 Å². The largest absolute Gasteiger partial charge is 0.496 e. The van der Waals surface area contributed by atoms with Gasteiger partial charge in [-0.1, -0.05) is 30.4 Å². The predicted molar refractivity (Wildman–Crippen MR) is 58.1 cm³/mol. The van der Waals surface area contributed by atoms with Gasteiger partial charge in [0.05, 0.1) is 13.5 Å². The van der Waals surface area contributed by atoms with Crippen molar-refractivity contribution in [1.82, 2.24) is 0 Å². The smallest absolute Gasteiger partial charge is 0.307 e. The summed E-state index contributed by atoms with van der Waals surface area (Å²) in [6.07, 6.45) is 4.24. The van der Waals surface area contributed by atoms with E-state index >= 15 is 0 Å².